The lowest BCUT2D eigenvalue weighted by molar-refractivity contribution is -0.164. The van der Waals surface area contributed by atoms with E-state index in [1.807, 2.05) is 63.2 Å². The quantitative estimate of drug-likeness (QED) is 0.236. The van der Waals surface area contributed by atoms with Crippen LogP contribution in [0.3, 0.4) is 0 Å². The summed E-state index contributed by atoms with van der Waals surface area (Å²) in [6.45, 7) is 12.1. The van der Waals surface area contributed by atoms with Gasteiger partial charge in [0.25, 0.3) is 5.91 Å². The molecule has 3 aromatic carbocycles. The summed E-state index contributed by atoms with van der Waals surface area (Å²) in [5.74, 6) is -0.503. The fraction of sp³-hybridized carbons (Fsp3) is 0.353. The molecule has 0 aromatic heterocycles. The lowest BCUT2D eigenvalue weighted by Gasteiger charge is -2.40. The molecule has 7 heteroatoms. The molecule has 1 aliphatic heterocycles. The number of anilines is 1. The van der Waals surface area contributed by atoms with Crippen molar-refractivity contribution in [2.45, 2.75) is 76.7 Å². The fourth-order valence-corrected chi connectivity index (χ4v) is 6.24. The molecule has 216 valence electrons. The largest absolute Gasteiger partial charge is 0.511 e. The number of ether oxygens (including phenoxy) is 1. The highest BCUT2D eigenvalue weighted by atomic mass is 32.2. The van der Waals surface area contributed by atoms with Crippen LogP contribution in [0.5, 0.6) is 5.75 Å². The molecule has 1 amide bonds. The third kappa shape index (κ3) is 6.96. The molecule has 41 heavy (non-hydrogen) atoms. The number of nitrogens with one attached hydrogen (secondary N) is 1. The number of phenols is 1. The van der Waals surface area contributed by atoms with Crippen LogP contribution in [0, 0.1) is 12.8 Å². The van der Waals surface area contributed by atoms with Gasteiger partial charge < -0.3 is 20.3 Å². The SMILES string of the molecule is Cc1cc(SC2=C(O)CC(CCc3ccc(O)cc3)(C(C)C)OC2=O)c(C(C)(C)C)cc1NC(=O)c1ccccc1. The van der Waals surface area contributed by atoms with Crippen molar-refractivity contribution in [2.24, 2.45) is 5.92 Å². The van der Waals surface area contributed by atoms with Crippen LogP contribution in [0.15, 0.2) is 82.3 Å². The summed E-state index contributed by atoms with van der Waals surface area (Å²) in [6, 6.07) is 20.0. The molecule has 0 saturated carbocycles. The molecule has 6 nitrogen and oxygen atoms in total. The van der Waals surface area contributed by atoms with Crippen molar-refractivity contribution in [2.75, 3.05) is 5.32 Å². The van der Waals surface area contributed by atoms with Crippen LogP contribution in [0.1, 0.15) is 74.5 Å². The van der Waals surface area contributed by atoms with Gasteiger partial charge in [0.2, 0.25) is 0 Å². The molecule has 0 aliphatic carbocycles. The van der Waals surface area contributed by atoms with Crippen molar-refractivity contribution in [3.8, 4) is 5.75 Å². The number of rotatable bonds is 8. The van der Waals surface area contributed by atoms with Crippen LogP contribution in [0.25, 0.3) is 0 Å². The number of aliphatic hydroxyl groups excluding tert-OH is 1. The third-order valence-corrected chi connectivity index (χ3v) is 8.83. The molecule has 0 spiro atoms. The standard InChI is InChI=1S/C34H39NO5S/c1-21(2)34(17-16-23-12-14-25(36)15-13-23)20-28(37)30(32(39)40-34)41-29-18-22(3)27(19-26(29)33(4,5)6)35-31(38)24-10-8-7-9-11-24/h7-15,18-19,21,36-37H,16-17,20H2,1-6H3,(H,35,38). The van der Waals surface area contributed by atoms with E-state index >= 15 is 0 Å². The zero-order valence-corrected chi connectivity index (χ0v) is 25.4. The minimum atomic E-state index is -0.836. The number of hydrogen-bond acceptors (Lipinski definition) is 6. The molecule has 4 rings (SSSR count). The van der Waals surface area contributed by atoms with Crippen LogP contribution in [0.2, 0.25) is 0 Å². The fourth-order valence-electron chi connectivity index (χ4n) is 5.00. The van der Waals surface area contributed by atoms with E-state index in [0.717, 1.165) is 21.6 Å². The second kappa shape index (κ2) is 12.0. The van der Waals surface area contributed by atoms with E-state index in [4.69, 9.17) is 4.74 Å². The smallest absolute Gasteiger partial charge is 0.349 e. The van der Waals surface area contributed by atoms with E-state index < -0.39 is 11.6 Å². The number of aliphatic hydroxyl groups is 1. The number of benzene rings is 3. The van der Waals surface area contributed by atoms with Crippen LogP contribution < -0.4 is 5.32 Å². The predicted octanol–water partition coefficient (Wildman–Crippen LogP) is 8.09. The number of carbonyl (C=O) groups is 2. The van der Waals surface area contributed by atoms with Crippen molar-refractivity contribution in [1.29, 1.82) is 0 Å². The minimum absolute atomic E-state index is 0.0165. The molecule has 1 atom stereocenters. The van der Waals surface area contributed by atoms with E-state index in [1.54, 1.807) is 24.3 Å². The number of thioether (sulfide) groups is 1. The molecule has 3 aromatic rings. The van der Waals surface area contributed by atoms with E-state index in [1.165, 1.54) is 11.8 Å². The average molecular weight is 574 g/mol. The summed E-state index contributed by atoms with van der Waals surface area (Å²) in [6.07, 6.45) is 1.42. The molecule has 1 aliphatic rings. The summed E-state index contributed by atoms with van der Waals surface area (Å²) in [5, 5.41) is 23.9. The van der Waals surface area contributed by atoms with Crippen LogP contribution in [-0.4, -0.2) is 27.7 Å². The number of phenolic OH excluding ortho intramolecular Hbond substituents is 1. The van der Waals surface area contributed by atoms with Crippen LogP contribution in [-0.2, 0) is 21.4 Å². The first-order chi connectivity index (χ1) is 19.3. The van der Waals surface area contributed by atoms with Gasteiger partial charge in [-0.15, -0.1) is 0 Å². The zero-order chi connectivity index (χ0) is 29.9. The van der Waals surface area contributed by atoms with Gasteiger partial charge >= 0.3 is 5.97 Å². The maximum atomic E-state index is 13.4. The Hall–Kier alpha value is -3.71. The monoisotopic (exact) mass is 573 g/mol. The van der Waals surface area contributed by atoms with Crippen LogP contribution >= 0.6 is 11.8 Å². The Bertz CT molecular complexity index is 1450. The average Bonchev–Trinajstić information content (AvgIpc) is 2.91. The molecular formula is C34H39NO5S. The highest BCUT2D eigenvalue weighted by molar-refractivity contribution is 8.04. The molecule has 3 N–H and O–H groups in total. The highest BCUT2D eigenvalue weighted by Crippen LogP contribution is 2.46. The van der Waals surface area contributed by atoms with Gasteiger partial charge in [-0.3, -0.25) is 4.79 Å². The molecule has 1 heterocycles. The Labute approximate surface area is 246 Å². The maximum absolute atomic E-state index is 13.4. The Balaban J connectivity index is 1.61. The van der Waals surface area contributed by atoms with Crippen molar-refractivity contribution >= 4 is 29.3 Å². The summed E-state index contributed by atoms with van der Waals surface area (Å²) in [5.41, 5.74) is 2.94. The number of aryl methyl sites for hydroxylation is 2. The maximum Gasteiger partial charge on any atom is 0.349 e. The lowest BCUT2D eigenvalue weighted by atomic mass is 9.80. The normalized spacial score (nSPS) is 17.5. The van der Waals surface area contributed by atoms with Gasteiger partial charge in [0.05, 0.1) is 0 Å². The second-order valence-electron chi connectivity index (χ2n) is 12.1. The van der Waals surface area contributed by atoms with Gasteiger partial charge in [-0.2, -0.15) is 0 Å². The van der Waals surface area contributed by atoms with Crippen molar-refractivity contribution in [3.63, 3.8) is 0 Å². The lowest BCUT2D eigenvalue weighted by Crippen LogP contribution is -2.44. The van der Waals surface area contributed by atoms with Crippen molar-refractivity contribution in [3.05, 3.63) is 99.6 Å². The van der Waals surface area contributed by atoms with Crippen LogP contribution in [0.4, 0.5) is 5.69 Å². The number of hydrogen-bond donors (Lipinski definition) is 3. The third-order valence-electron chi connectivity index (χ3n) is 7.67. The van der Waals surface area contributed by atoms with Gasteiger partial charge in [-0.25, -0.2) is 4.79 Å². The number of esters is 1. The Morgan fingerprint density at radius 1 is 1.05 bits per heavy atom. The summed E-state index contributed by atoms with van der Waals surface area (Å²) in [4.78, 5) is 27.3. The molecule has 0 bridgehead atoms. The predicted molar refractivity (Wildman–Crippen MR) is 164 cm³/mol. The molecule has 0 fully saturated rings. The molecular weight excluding hydrogens is 534 g/mol. The summed E-state index contributed by atoms with van der Waals surface area (Å²) in [7, 11) is 0. The number of amides is 1. The molecule has 1 unspecified atom stereocenters. The molecule has 0 saturated heterocycles. The summed E-state index contributed by atoms with van der Waals surface area (Å²) < 4.78 is 6.13. The Morgan fingerprint density at radius 2 is 1.71 bits per heavy atom. The van der Waals surface area contributed by atoms with E-state index in [0.29, 0.717) is 24.1 Å². The first-order valence-electron chi connectivity index (χ1n) is 13.9. The van der Waals surface area contributed by atoms with E-state index in [9.17, 15) is 19.8 Å². The Morgan fingerprint density at radius 3 is 2.29 bits per heavy atom. The zero-order valence-electron chi connectivity index (χ0n) is 24.6. The van der Waals surface area contributed by atoms with Gasteiger partial charge in [-0.05, 0) is 84.2 Å². The summed E-state index contributed by atoms with van der Waals surface area (Å²) >= 11 is 1.22. The first-order valence-corrected chi connectivity index (χ1v) is 14.7. The topological polar surface area (TPSA) is 95.9 Å². The van der Waals surface area contributed by atoms with E-state index in [2.05, 4.69) is 26.1 Å². The Kier molecular flexibility index (Phi) is 8.88. The van der Waals surface area contributed by atoms with Crippen molar-refractivity contribution < 1.29 is 24.5 Å². The number of carbonyl (C=O) groups excluding carboxylic acids is 2. The minimum Gasteiger partial charge on any atom is -0.511 e. The van der Waals surface area contributed by atoms with Gasteiger partial charge in [0, 0.05) is 22.6 Å². The number of aromatic hydroxyl groups is 1. The van der Waals surface area contributed by atoms with E-state index in [-0.39, 0.29) is 40.1 Å². The van der Waals surface area contributed by atoms with Crippen molar-refractivity contribution in [1.82, 2.24) is 0 Å². The highest BCUT2D eigenvalue weighted by Gasteiger charge is 2.44. The second-order valence-corrected chi connectivity index (χ2v) is 13.1. The van der Waals surface area contributed by atoms with Gasteiger partial charge in [0.1, 0.15) is 22.0 Å². The molecule has 0 radical (unpaired) electrons. The van der Waals surface area contributed by atoms with Gasteiger partial charge in [0.15, 0.2) is 0 Å². The number of cyclic esters (lactones) is 1. The first kappa shape index (κ1) is 30.3. The van der Waals surface area contributed by atoms with Gasteiger partial charge in [-0.1, -0.05) is 76.7 Å².